The number of amides is 1. The fourth-order valence-corrected chi connectivity index (χ4v) is 7.53. The van der Waals surface area contributed by atoms with Crippen LogP contribution in [0.2, 0.25) is 0 Å². The Labute approximate surface area is 255 Å². The molecule has 2 aliphatic heterocycles. The minimum atomic E-state index is -4.44. The SMILES string of the molecule is CC1(C)C[C@@H]2CN1c1nc(-n3ccc(OCCC4CCCC4)n3)ccc1C(=O)NS(=O)(=O)c1cccc(n1)NCC(F)(F)C2. The Kier molecular flexibility index (Phi) is 7.97. The van der Waals surface area contributed by atoms with Gasteiger partial charge in [-0.05, 0) is 62.8 Å². The Bertz CT molecular complexity index is 1640. The Morgan fingerprint density at radius 2 is 1.86 bits per heavy atom. The molecular weight excluding hydrogens is 592 g/mol. The van der Waals surface area contributed by atoms with Crippen molar-refractivity contribution in [1.29, 1.82) is 0 Å². The first-order valence-electron chi connectivity index (χ1n) is 15.0. The molecule has 3 aliphatic rings. The van der Waals surface area contributed by atoms with Crippen LogP contribution in [0.4, 0.5) is 20.4 Å². The van der Waals surface area contributed by atoms with Gasteiger partial charge in [0.05, 0.1) is 18.7 Å². The number of hydrogen-bond acceptors (Lipinski definition) is 9. The zero-order valence-corrected chi connectivity index (χ0v) is 25.6. The third-order valence-electron chi connectivity index (χ3n) is 8.71. The van der Waals surface area contributed by atoms with Gasteiger partial charge in [0.1, 0.15) is 11.6 Å². The summed E-state index contributed by atoms with van der Waals surface area (Å²) in [5.41, 5.74) is -0.669. The van der Waals surface area contributed by atoms with E-state index in [9.17, 15) is 13.2 Å². The molecule has 0 aromatic carbocycles. The molecule has 44 heavy (non-hydrogen) atoms. The maximum Gasteiger partial charge on any atom is 0.281 e. The van der Waals surface area contributed by atoms with Crippen molar-refractivity contribution in [1.82, 2.24) is 24.5 Å². The largest absolute Gasteiger partial charge is 0.477 e. The van der Waals surface area contributed by atoms with Crippen LogP contribution in [0.3, 0.4) is 0 Å². The number of rotatable bonds is 5. The number of ether oxygens (including phenoxy) is 1. The lowest BCUT2D eigenvalue weighted by Gasteiger charge is -2.34. The lowest BCUT2D eigenvalue weighted by atomic mass is 9.92. The number of fused-ring (bicyclic) bond motifs is 6. The Morgan fingerprint density at radius 1 is 1.07 bits per heavy atom. The van der Waals surface area contributed by atoms with Crippen LogP contribution in [-0.2, 0) is 10.0 Å². The second-order valence-corrected chi connectivity index (χ2v) is 14.3. The van der Waals surface area contributed by atoms with Crippen LogP contribution in [0, 0.1) is 11.8 Å². The van der Waals surface area contributed by atoms with Crippen LogP contribution in [0.1, 0.15) is 69.2 Å². The molecule has 4 bridgehead atoms. The fourth-order valence-electron chi connectivity index (χ4n) is 6.59. The molecular formula is C30H37F2N7O4S. The van der Waals surface area contributed by atoms with Crippen LogP contribution in [0.5, 0.6) is 5.88 Å². The van der Waals surface area contributed by atoms with Gasteiger partial charge in [0.25, 0.3) is 21.9 Å². The van der Waals surface area contributed by atoms with Gasteiger partial charge in [0, 0.05) is 30.8 Å². The van der Waals surface area contributed by atoms with E-state index in [1.807, 2.05) is 18.7 Å². The minimum absolute atomic E-state index is 0.0119. The van der Waals surface area contributed by atoms with Gasteiger partial charge < -0.3 is 15.0 Å². The summed E-state index contributed by atoms with van der Waals surface area (Å²) in [6.07, 6.45) is 7.69. The van der Waals surface area contributed by atoms with E-state index in [4.69, 9.17) is 9.72 Å². The van der Waals surface area contributed by atoms with E-state index in [0.29, 0.717) is 30.6 Å². The summed E-state index contributed by atoms with van der Waals surface area (Å²) in [7, 11) is -4.44. The molecule has 2 N–H and O–H groups in total. The number of aromatic nitrogens is 4. The third-order valence-corrected chi connectivity index (χ3v) is 9.94. The molecule has 2 fully saturated rings. The summed E-state index contributed by atoms with van der Waals surface area (Å²) in [6.45, 7) is 3.86. The van der Waals surface area contributed by atoms with Crippen molar-refractivity contribution >= 4 is 27.6 Å². The molecule has 5 heterocycles. The molecule has 1 amide bonds. The smallest absolute Gasteiger partial charge is 0.281 e. The van der Waals surface area contributed by atoms with Crippen LogP contribution in [0.15, 0.2) is 47.6 Å². The highest BCUT2D eigenvalue weighted by Gasteiger charge is 2.45. The first-order chi connectivity index (χ1) is 20.9. The maximum atomic E-state index is 15.2. The Balaban J connectivity index is 1.34. The third kappa shape index (κ3) is 6.49. The van der Waals surface area contributed by atoms with E-state index in [1.165, 1.54) is 54.6 Å². The van der Waals surface area contributed by atoms with E-state index in [1.54, 1.807) is 18.3 Å². The highest BCUT2D eigenvalue weighted by atomic mass is 32.2. The molecule has 0 spiro atoms. The zero-order valence-electron chi connectivity index (χ0n) is 24.8. The summed E-state index contributed by atoms with van der Waals surface area (Å²) < 4.78 is 66.1. The number of sulfonamides is 1. The average Bonchev–Trinajstić information content (AvgIpc) is 3.72. The fraction of sp³-hybridized carbons (Fsp3) is 0.533. The molecule has 11 nitrogen and oxygen atoms in total. The molecule has 0 radical (unpaired) electrons. The Morgan fingerprint density at radius 3 is 2.66 bits per heavy atom. The number of pyridine rings is 2. The van der Waals surface area contributed by atoms with Crippen molar-refractivity contribution in [3.63, 3.8) is 0 Å². The first kappa shape index (κ1) is 30.2. The van der Waals surface area contributed by atoms with Gasteiger partial charge in [-0.2, -0.15) is 8.42 Å². The van der Waals surface area contributed by atoms with E-state index in [2.05, 4.69) is 20.1 Å². The summed E-state index contributed by atoms with van der Waals surface area (Å²) in [6, 6.07) is 8.74. The number of carbonyl (C=O) groups excluding carboxylic acids is 1. The summed E-state index contributed by atoms with van der Waals surface area (Å²) in [5.74, 6) is -2.77. The van der Waals surface area contributed by atoms with Gasteiger partial charge in [-0.1, -0.05) is 31.7 Å². The molecule has 236 valence electrons. The topological polar surface area (TPSA) is 131 Å². The maximum absolute atomic E-state index is 15.2. The average molecular weight is 630 g/mol. The Hall–Kier alpha value is -3.81. The number of carbonyl (C=O) groups is 1. The summed E-state index contributed by atoms with van der Waals surface area (Å²) in [4.78, 5) is 24.1. The van der Waals surface area contributed by atoms with Crippen molar-refractivity contribution in [3.05, 3.63) is 48.2 Å². The van der Waals surface area contributed by atoms with Crippen molar-refractivity contribution in [2.45, 2.75) is 75.3 Å². The van der Waals surface area contributed by atoms with Gasteiger partial charge in [0.15, 0.2) is 10.8 Å². The predicted octanol–water partition coefficient (Wildman–Crippen LogP) is 4.80. The second kappa shape index (κ2) is 11.6. The normalized spacial score (nSPS) is 22.8. The van der Waals surface area contributed by atoms with Gasteiger partial charge in [0.2, 0.25) is 5.88 Å². The molecule has 1 saturated heterocycles. The predicted molar refractivity (Wildman–Crippen MR) is 160 cm³/mol. The molecule has 0 unspecified atom stereocenters. The number of nitrogens with zero attached hydrogens (tertiary/aromatic N) is 5. The van der Waals surface area contributed by atoms with E-state index in [0.717, 1.165) is 6.42 Å². The summed E-state index contributed by atoms with van der Waals surface area (Å²) in [5, 5.41) is 6.59. The quantitative estimate of drug-likeness (QED) is 0.409. The van der Waals surface area contributed by atoms with Crippen molar-refractivity contribution in [3.8, 4) is 11.7 Å². The number of hydrogen-bond donors (Lipinski definition) is 2. The van der Waals surface area contributed by atoms with Crippen LogP contribution in [0.25, 0.3) is 5.82 Å². The number of alkyl halides is 2. The van der Waals surface area contributed by atoms with E-state index < -0.39 is 51.3 Å². The molecule has 1 atom stereocenters. The molecule has 3 aromatic rings. The number of anilines is 2. The molecule has 14 heteroatoms. The molecule has 1 aliphatic carbocycles. The van der Waals surface area contributed by atoms with Gasteiger partial charge in [-0.3, -0.25) is 4.79 Å². The van der Waals surface area contributed by atoms with Crippen LogP contribution in [-0.4, -0.2) is 65.2 Å². The highest BCUT2D eigenvalue weighted by molar-refractivity contribution is 7.90. The van der Waals surface area contributed by atoms with Gasteiger partial charge in [-0.15, -0.1) is 5.10 Å². The van der Waals surface area contributed by atoms with Crippen molar-refractivity contribution in [2.24, 2.45) is 11.8 Å². The van der Waals surface area contributed by atoms with E-state index in [-0.39, 0.29) is 23.7 Å². The highest BCUT2D eigenvalue weighted by Crippen LogP contribution is 2.42. The minimum Gasteiger partial charge on any atom is -0.477 e. The number of nitrogens with one attached hydrogen (secondary N) is 2. The monoisotopic (exact) mass is 629 g/mol. The molecule has 3 aromatic heterocycles. The van der Waals surface area contributed by atoms with Crippen LogP contribution < -0.4 is 19.7 Å². The lowest BCUT2D eigenvalue weighted by molar-refractivity contribution is -0.00773. The van der Waals surface area contributed by atoms with E-state index >= 15 is 8.78 Å². The lowest BCUT2D eigenvalue weighted by Crippen LogP contribution is -2.41. The first-order valence-corrected chi connectivity index (χ1v) is 16.5. The van der Waals surface area contributed by atoms with Crippen molar-refractivity contribution in [2.75, 3.05) is 29.9 Å². The standard InChI is InChI=1S/C30H37F2N7O4S/c1-29(2)16-21-17-30(31,32)19-33-23-8-5-9-26(34-23)44(41,42)37-28(40)22-10-11-24(35-27(22)38(29)18-21)39-14-12-25(36-39)43-15-13-20-6-3-4-7-20/h5,8-12,14,20-21H,3-4,6-7,13,15-19H2,1-2H3,(H,33,34)(H,37,40)/t21-/m0/s1. The molecule has 6 rings (SSSR count). The molecule has 1 saturated carbocycles. The van der Waals surface area contributed by atoms with Gasteiger partial charge in [-0.25, -0.2) is 28.2 Å². The summed E-state index contributed by atoms with van der Waals surface area (Å²) >= 11 is 0. The number of halogens is 2. The van der Waals surface area contributed by atoms with Gasteiger partial charge >= 0.3 is 0 Å². The second-order valence-electron chi connectivity index (χ2n) is 12.6. The zero-order chi connectivity index (χ0) is 31.1. The van der Waals surface area contributed by atoms with Crippen LogP contribution >= 0.6 is 0 Å². The van der Waals surface area contributed by atoms with Crippen molar-refractivity contribution < 1.29 is 26.7 Å².